The second-order valence-corrected chi connectivity index (χ2v) is 6.70. The van der Waals surface area contributed by atoms with E-state index >= 15 is 0 Å². The highest BCUT2D eigenvalue weighted by atomic mass is 19.1. The van der Waals surface area contributed by atoms with Gasteiger partial charge in [-0.3, -0.25) is 0 Å². The van der Waals surface area contributed by atoms with Crippen molar-refractivity contribution in [3.8, 4) is 11.3 Å². The molecule has 130 valence electrons. The van der Waals surface area contributed by atoms with Gasteiger partial charge >= 0.3 is 0 Å². The van der Waals surface area contributed by atoms with Crippen LogP contribution in [0.25, 0.3) is 11.3 Å². The summed E-state index contributed by atoms with van der Waals surface area (Å²) >= 11 is 0. The molecule has 0 aliphatic carbocycles. The Morgan fingerprint density at radius 2 is 1.79 bits per heavy atom. The molecular formula is C19H26F2N3+. The van der Waals surface area contributed by atoms with Crippen LogP contribution in [0.5, 0.6) is 0 Å². The molecule has 2 aromatic heterocycles. The van der Waals surface area contributed by atoms with Crippen LogP contribution in [-0.4, -0.2) is 19.1 Å². The lowest BCUT2D eigenvalue weighted by Crippen LogP contribution is -2.33. The Kier molecular flexibility index (Phi) is 5.21. The summed E-state index contributed by atoms with van der Waals surface area (Å²) in [6, 6.07) is 5.25. The number of pyridine rings is 2. The first-order valence-electron chi connectivity index (χ1n) is 8.27. The number of rotatable bonds is 5. The quantitative estimate of drug-likeness (QED) is 0.608. The third-order valence-corrected chi connectivity index (χ3v) is 5.06. The molecule has 0 aliphatic rings. The zero-order valence-electron chi connectivity index (χ0n) is 15.3. The molecule has 0 saturated carbocycles. The minimum Gasteiger partial charge on any atom is -0.377 e. The molecule has 0 atom stereocenters. The molecule has 0 fully saturated rings. The number of aromatic nitrogens is 2. The highest BCUT2D eigenvalue weighted by Crippen LogP contribution is 2.38. The summed E-state index contributed by atoms with van der Waals surface area (Å²) in [6.07, 6.45) is 3.46. The lowest BCUT2D eigenvalue weighted by atomic mass is 9.75. The molecule has 5 heteroatoms. The molecule has 0 aliphatic heterocycles. The second-order valence-electron chi connectivity index (χ2n) is 6.70. The summed E-state index contributed by atoms with van der Waals surface area (Å²) in [5.74, 6) is -1.53. The Bertz CT molecular complexity index is 738. The van der Waals surface area contributed by atoms with Crippen LogP contribution in [0, 0.1) is 11.9 Å². The van der Waals surface area contributed by atoms with Crippen LogP contribution in [0.4, 0.5) is 14.5 Å². The van der Waals surface area contributed by atoms with E-state index in [2.05, 4.69) is 4.98 Å². The van der Waals surface area contributed by atoms with Crippen molar-refractivity contribution in [1.82, 2.24) is 4.98 Å². The van der Waals surface area contributed by atoms with E-state index in [1.165, 1.54) is 6.07 Å². The second kappa shape index (κ2) is 6.83. The monoisotopic (exact) mass is 334 g/mol. The van der Waals surface area contributed by atoms with Crippen LogP contribution in [0.2, 0.25) is 0 Å². The molecule has 2 rings (SSSR count). The Balaban J connectivity index is 2.82. The van der Waals surface area contributed by atoms with Gasteiger partial charge < -0.3 is 4.90 Å². The summed E-state index contributed by atoms with van der Waals surface area (Å²) in [6.45, 7) is 6.13. The number of halogens is 2. The molecule has 0 radical (unpaired) electrons. The first-order valence-corrected chi connectivity index (χ1v) is 8.27. The topological polar surface area (TPSA) is 20.0 Å². The van der Waals surface area contributed by atoms with Crippen molar-refractivity contribution >= 4 is 5.69 Å². The summed E-state index contributed by atoms with van der Waals surface area (Å²) in [5, 5.41) is 0. The van der Waals surface area contributed by atoms with Crippen molar-refractivity contribution < 1.29 is 13.3 Å². The molecule has 0 amide bonds. The van der Waals surface area contributed by atoms with Gasteiger partial charge in [0.25, 0.3) is 0 Å². The van der Waals surface area contributed by atoms with Crippen molar-refractivity contribution in [3.05, 3.63) is 41.9 Å². The molecule has 0 saturated heterocycles. The molecule has 0 bridgehead atoms. The van der Waals surface area contributed by atoms with E-state index in [9.17, 15) is 8.78 Å². The average molecular weight is 334 g/mol. The molecule has 0 N–H and O–H groups in total. The first kappa shape index (κ1) is 18.3. The van der Waals surface area contributed by atoms with Gasteiger partial charge in [0.2, 0.25) is 17.6 Å². The standard InChI is InChI=1S/C19H26F2N3/c1-7-19(3,8-2)14-12-16(20)22-18(21)17(14)15-11-13(23(4)5)9-10-24(15)6/h9-12H,7-8H2,1-6H3/q+1. The predicted molar refractivity (Wildman–Crippen MR) is 93.0 cm³/mol. The number of aryl methyl sites for hydroxylation is 1. The third kappa shape index (κ3) is 3.25. The fourth-order valence-electron chi connectivity index (χ4n) is 2.92. The fourth-order valence-corrected chi connectivity index (χ4v) is 2.92. The molecule has 24 heavy (non-hydrogen) atoms. The van der Waals surface area contributed by atoms with Crippen molar-refractivity contribution in [1.29, 1.82) is 0 Å². The van der Waals surface area contributed by atoms with Crippen molar-refractivity contribution in [2.75, 3.05) is 19.0 Å². The van der Waals surface area contributed by atoms with Gasteiger partial charge in [-0.25, -0.2) is 4.57 Å². The Hall–Kier alpha value is -2.04. The molecule has 0 unspecified atom stereocenters. The maximum absolute atomic E-state index is 14.7. The Morgan fingerprint density at radius 1 is 1.17 bits per heavy atom. The van der Waals surface area contributed by atoms with E-state index in [0.29, 0.717) is 16.8 Å². The molecule has 3 nitrogen and oxygen atoms in total. The SMILES string of the molecule is CCC(C)(CC)c1cc(F)nc(F)c1-c1cc(N(C)C)cc[n+]1C. The number of anilines is 1. The zero-order chi connectivity index (χ0) is 18.1. The lowest BCUT2D eigenvalue weighted by Gasteiger charge is -2.29. The van der Waals surface area contributed by atoms with Crippen molar-refractivity contribution in [2.24, 2.45) is 7.05 Å². The first-order chi connectivity index (χ1) is 11.2. The van der Waals surface area contributed by atoms with Crippen LogP contribution in [0.3, 0.4) is 0 Å². The largest absolute Gasteiger partial charge is 0.377 e. The number of hydrogen-bond donors (Lipinski definition) is 0. The molecule has 2 aromatic rings. The highest BCUT2D eigenvalue weighted by molar-refractivity contribution is 5.66. The van der Waals surface area contributed by atoms with Crippen LogP contribution < -0.4 is 9.47 Å². The maximum atomic E-state index is 14.7. The Labute approximate surface area is 143 Å². The van der Waals surface area contributed by atoms with Crippen molar-refractivity contribution in [3.63, 3.8) is 0 Å². The average Bonchev–Trinajstić information content (AvgIpc) is 2.54. The minimum absolute atomic E-state index is 0.318. The van der Waals surface area contributed by atoms with Gasteiger partial charge in [-0.05, 0) is 29.9 Å². The smallest absolute Gasteiger partial charge is 0.229 e. The van der Waals surface area contributed by atoms with Crippen LogP contribution in [0.1, 0.15) is 39.2 Å². The van der Waals surface area contributed by atoms with E-state index in [1.54, 1.807) is 0 Å². The normalized spacial score (nSPS) is 11.7. The van der Waals surface area contributed by atoms with Gasteiger partial charge in [-0.2, -0.15) is 13.8 Å². The third-order valence-electron chi connectivity index (χ3n) is 5.06. The maximum Gasteiger partial charge on any atom is 0.229 e. The number of nitrogens with zero attached hydrogens (tertiary/aromatic N) is 3. The van der Waals surface area contributed by atoms with Gasteiger partial charge in [0.05, 0.1) is 0 Å². The summed E-state index contributed by atoms with van der Waals surface area (Å²) in [5.41, 5.74) is 2.38. The van der Waals surface area contributed by atoms with Crippen LogP contribution in [0.15, 0.2) is 24.4 Å². The molecular weight excluding hydrogens is 308 g/mol. The lowest BCUT2D eigenvalue weighted by molar-refractivity contribution is -0.660. The van der Waals surface area contributed by atoms with Gasteiger partial charge in [0.1, 0.15) is 12.6 Å². The zero-order valence-corrected chi connectivity index (χ0v) is 15.3. The van der Waals surface area contributed by atoms with Crippen molar-refractivity contribution in [2.45, 2.75) is 39.0 Å². The molecule has 2 heterocycles. The van der Waals surface area contributed by atoms with Gasteiger partial charge in [0.15, 0.2) is 6.20 Å². The van der Waals surface area contributed by atoms with E-state index < -0.39 is 11.9 Å². The van der Waals surface area contributed by atoms with Gasteiger partial charge in [-0.1, -0.05) is 20.8 Å². The fraction of sp³-hybridized carbons (Fsp3) is 0.474. The van der Waals surface area contributed by atoms with E-state index in [4.69, 9.17) is 0 Å². The predicted octanol–water partition coefficient (Wildman–Crippen LogP) is 4.00. The Morgan fingerprint density at radius 3 is 2.33 bits per heavy atom. The summed E-state index contributed by atoms with van der Waals surface area (Å²) in [4.78, 5) is 5.40. The van der Waals surface area contributed by atoms with Crippen LogP contribution >= 0.6 is 0 Å². The number of hydrogen-bond acceptors (Lipinski definition) is 2. The summed E-state index contributed by atoms with van der Waals surface area (Å²) < 4.78 is 30.5. The summed E-state index contributed by atoms with van der Waals surface area (Å²) in [7, 11) is 5.72. The van der Waals surface area contributed by atoms with E-state index in [0.717, 1.165) is 18.5 Å². The molecule has 0 aromatic carbocycles. The van der Waals surface area contributed by atoms with Crippen LogP contribution in [-0.2, 0) is 12.5 Å². The molecule has 0 spiro atoms. The minimum atomic E-state index is -0.772. The van der Waals surface area contributed by atoms with E-state index in [1.807, 2.05) is 69.7 Å². The van der Waals surface area contributed by atoms with Gasteiger partial charge in [-0.15, -0.1) is 0 Å². The van der Waals surface area contributed by atoms with Gasteiger partial charge in [0, 0.05) is 31.9 Å². The highest BCUT2D eigenvalue weighted by Gasteiger charge is 2.32. The van der Waals surface area contributed by atoms with E-state index in [-0.39, 0.29) is 5.41 Å².